The average Bonchev–Trinajstić information content (AvgIpc) is 2.75. The van der Waals surface area contributed by atoms with Gasteiger partial charge in [0.05, 0.1) is 13.2 Å². The monoisotopic (exact) mass is 230 g/mol. The van der Waals surface area contributed by atoms with Gasteiger partial charge in [-0.1, -0.05) is 0 Å². The molecule has 1 fully saturated rings. The van der Waals surface area contributed by atoms with Crippen LogP contribution in [0.4, 0.5) is 0 Å². The minimum absolute atomic E-state index is 0.00950. The van der Waals surface area contributed by atoms with Crippen molar-refractivity contribution in [2.24, 2.45) is 5.73 Å². The number of nitrogens with two attached hydrogens (primary N) is 1. The third-order valence-electron chi connectivity index (χ3n) is 2.94. The lowest BCUT2D eigenvalue weighted by atomic mass is 10.2. The van der Waals surface area contributed by atoms with Gasteiger partial charge in [-0.3, -0.25) is 9.69 Å². The summed E-state index contributed by atoms with van der Waals surface area (Å²) in [5.41, 5.74) is 5.62. The van der Waals surface area contributed by atoms with Gasteiger partial charge in [-0.2, -0.15) is 0 Å². The van der Waals surface area contributed by atoms with Crippen molar-refractivity contribution < 1.29 is 14.3 Å². The van der Waals surface area contributed by atoms with Crippen LogP contribution in [0.5, 0.6) is 0 Å². The number of rotatable bonds is 6. The molecule has 2 unspecified atom stereocenters. The summed E-state index contributed by atoms with van der Waals surface area (Å²) in [5.74, 6) is -0.148. The molecule has 0 spiro atoms. The maximum Gasteiger partial charge on any atom is 0.323 e. The van der Waals surface area contributed by atoms with Crippen LogP contribution in [-0.4, -0.2) is 56.4 Å². The van der Waals surface area contributed by atoms with Gasteiger partial charge in [-0.25, -0.2) is 0 Å². The topological polar surface area (TPSA) is 64.8 Å². The van der Waals surface area contributed by atoms with Crippen LogP contribution in [-0.2, 0) is 14.3 Å². The van der Waals surface area contributed by atoms with Gasteiger partial charge in [-0.15, -0.1) is 0 Å². The van der Waals surface area contributed by atoms with Gasteiger partial charge < -0.3 is 15.2 Å². The Morgan fingerprint density at radius 1 is 1.62 bits per heavy atom. The smallest absolute Gasteiger partial charge is 0.323 e. The van der Waals surface area contributed by atoms with Crippen molar-refractivity contribution in [2.75, 3.05) is 33.4 Å². The van der Waals surface area contributed by atoms with Crippen LogP contribution in [0.25, 0.3) is 0 Å². The number of nitrogens with zero attached hydrogens (tertiary/aromatic N) is 1. The molecule has 1 aliphatic heterocycles. The van der Waals surface area contributed by atoms with Gasteiger partial charge in [0.25, 0.3) is 0 Å². The van der Waals surface area contributed by atoms with Crippen LogP contribution in [0.15, 0.2) is 0 Å². The molecule has 0 radical (unpaired) electrons. The summed E-state index contributed by atoms with van der Waals surface area (Å²) in [7, 11) is 1.43. The van der Waals surface area contributed by atoms with Crippen molar-refractivity contribution in [2.45, 2.75) is 31.9 Å². The molecule has 0 aromatic heterocycles. The summed E-state index contributed by atoms with van der Waals surface area (Å²) in [5, 5.41) is 0. The maximum absolute atomic E-state index is 11.5. The van der Waals surface area contributed by atoms with Gasteiger partial charge >= 0.3 is 5.97 Å². The first kappa shape index (κ1) is 13.4. The van der Waals surface area contributed by atoms with E-state index in [1.165, 1.54) is 7.11 Å². The molecule has 1 aliphatic rings. The first-order valence-corrected chi connectivity index (χ1v) is 5.86. The van der Waals surface area contributed by atoms with E-state index in [1.807, 2.05) is 6.92 Å². The number of ether oxygens (including phenoxy) is 2. The Morgan fingerprint density at radius 2 is 2.38 bits per heavy atom. The minimum atomic E-state index is -0.148. The van der Waals surface area contributed by atoms with Crippen molar-refractivity contribution >= 4 is 5.97 Å². The highest BCUT2D eigenvalue weighted by molar-refractivity contribution is 5.75. The molecular formula is C11H22N2O3. The molecule has 2 atom stereocenters. The first-order valence-electron chi connectivity index (χ1n) is 5.86. The van der Waals surface area contributed by atoms with E-state index in [0.29, 0.717) is 19.7 Å². The summed E-state index contributed by atoms with van der Waals surface area (Å²) in [6.07, 6.45) is 1.91. The average molecular weight is 230 g/mol. The van der Waals surface area contributed by atoms with Crippen LogP contribution < -0.4 is 5.73 Å². The number of carbonyl (C=O) groups is 1. The van der Waals surface area contributed by atoms with E-state index < -0.39 is 0 Å². The Labute approximate surface area is 96.9 Å². The molecule has 0 saturated carbocycles. The van der Waals surface area contributed by atoms with Gasteiger partial charge in [0.2, 0.25) is 0 Å². The molecule has 5 heteroatoms. The third kappa shape index (κ3) is 3.43. The fraction of sp³-hybridized carbons (Fsp3) is 0.909. The predicted octanol–water partition coefficient (Wildman–Crippen LogP) is -0.0124. The third-order valence-corrected chi connectivity index (χ3v) is 2.94. The number of esters is 1. The molecule has 94 valence electrons. The van der Waals surface area contributed by atoms with Crippen LogP contribution in [0.2, 0.25) is 0 Å². The fourth-order valence-electron chi connectivity index (χ4n) is 2.14. The first-order chi connectivity index (χ1) is 7.72. The molecular weight excluding hydrogens is 208 g/mol. The number of likely N-dealkylation sites (tertiary alicyclic amines) is 1. The zero-order valence-electron chi connectivity index (χ0n) is 10.1. The molecule has 0 bridgehead atoms. The van der Waals surface area contributed by atoms with E-state index in [0.717, 1.165) is 19.4 Å². The molecule has 0 aromatic rings. The molecule has 0 aliphatic carbocycles. The Balaban J connectivity index is 2.47. The summed E-state index contributed by atoms with van der Waals surface area (Å²) in [4.78, 5) is 13.6. The van der Waals surface area contributed by atoms with Crippen molar-refractivity contribution in [3.05, 3.63) is 0 Å². The molecule has 16 heavy (non-hydrogen) atoms. The van der Waals surface area contributed by atoms with Crippen LogP contribution in [0, 0.1) is 0 Å². The van der Waals surface area contributed by atoms with E-state index in [4.69, 9.17) is 15.2 Å². The van der Waals surface area contributed by atoms with Gasteiger partial charge in [0, 0.05) is 19.7 Å². The standard InChI is InChI=1S/C11H22N2O3/c1-3-16-9(7-12)8-13-6-4-5-10(13)11(14)15-2/h9-10H,3-8,12H2,1-2H3. The number of hydrogen-bond donors (Lipinski definition) is 1. The Morgan fingerprint density at radius 3 is 2.94 bits per heavy atom. The Hall–Kier alpha value is -0.650. The SMILES string of the molecule is CCOC(CN)CN1CCCC1C(=O)OC. The van der Waals surface area contributed by atoms with Crippen molar-refractivity contribution in [3.8, 4) is 0 Å². The second kappa shape index (κ2) is 6.83. The molecule has 2 N–H and O–H groups in total. The zero-order valence-corrected chi connectivity index (χ0v) is 10.1. The zero-order chi connectivity index (χ0) is 12.0. The Kier molecular flexibility index (Phi) is 5.73. The van der Waals surface area contributed by atoms with Crippen molar-refractivity contribution in [1.82, 2.24) is 4.90 Å². The molecule has 1 rings (SSSR count). The Bertz CT molecular complexity index is 223. The maximum atomic E-state index is 11.5. The number of hydrogen-bond acceptors (Lipinski definition) is 5. The van der Waals surface area contributed by atoms with Gasteiger partial charge in [0.1, 0.15) is 6.04 Å². The highest BCUT2D eigenvalue weighted by Crippen LogP contribution is 2.18. The minimum Gasteiger partial charge on any atom is -0.468 e. The van der Waals surface area contributed by atoms with Crippen LogP contribution >= 0.6 is 0 Å². The van der Waals surface area contributed by atoms with E-state index in [-0.39, 0.29) is 18.1 Å². The molecule has 1 heterocycles. The highest BCUT2D eigenvalue weighted by atomic mass is 16.5. The largest absolute Gasteiger partial charge is 0.468 e. The fourth-order valence-corrected chi connectivity index (χ4v) is 2.14. The molecule has 0 aromatic carbocycles. The van der Waals surface area contributed by atoms with Crippen molar-refractivity contribution in [3.63, 3.8) is 0 Å². The predicted molar refractivity (Wildman–Crippen MR) is 61.1 cm³/mol. The highest BCUT2D eigenvalue weighted by Gasteiger charge is 2.32. The van der Waals surface area contributed by atoms with Crippen LogP contribution in [0.3, 0.4) is 0 Å². The normalized spacial score (nSPS) is 23.3. The van der Waals surface area contributed by atoms with Gasteiger partial charge in [-0.05, 0) is 26.3 Å². The van der Waals surface area contributed by atoms with Gasteiger partial charge in [0.15, 0.2) is 0 Å². The lowest BCUT2D eigenvalue weighted by Gasteiger charge is -2.26. The quantitative estimate of drug-likeness (QED) is 0.650. The van der Waals surface area contributed by atoms with E-state index in [9.17, 15) is 4.79 Å². The summed E-state index contributed by atoms with van der Waals surface area (Å²) in [6.45, 7) is 4.72. The number of carbonyl (C=O) groups excluding carboxylic acids is 1. The lowest BCUT2D eigenvalue weighted by molar-refractivity contribution is -0.146. The molecule has 0 amide bonds. The second-order valence-corrected chi connectivity index (χ2v) is 3.99. The van der Waals surface area contributed by atoms with E-state index in [2.05, 4.69) is 4.90 Å². The number of methoxy groups -OCH3 is 1. The van der Waals surface area contributed by atoms with Crippen LogP contribution in [0.1, 0.15) is 19.8 Å². The molecule has 1 saturated heterocycles. The van der Waals surface area contributed by atoms with E-state index >= 15 is 0 Å². The summed E-state index contributed by atoms with van der Waals surface area (Å²) in [6, 6.07) is -0.112. The second-order valence-electron chi connectivity index (χ2n) is 3.99. The summed E-state index contributed by atoms with van der Waals surface area (Å²) < 4.78 is 10.3. The lowest BCUT2D eigenvalue weighted by Crippen LogP contribution is -2.44. The molecule has 5 nitrogen and oxygen atoms in total. The summed E-state index contributed by atoms with van der Waals surface area (Å²) >= 11 is 0. The van der Waals surface area contributed by atoms with Crippen molar-refractivity contribution in [1.29, 1.82) is 0 Å². The van der Waals surface area contributed by atoms with E-state index in [1.54, 1.807) is 0 Å².